The zero-order valence-electron chi connectivity index (χ0n) is 31.8. The fourth-order valence-corrected chi connectivity index (χ4v) is 11.2. The summed E-state index contributed by atoms with van der Waals surface area (Å²) < 4.78 is 5.51. The van der Waals surface area contributed by atoms with Gasteiger partial charge in [0.1, 0.15) is 0 Å². The van der Waals surface area contributed by atoms with Gasteiger partial charge in [0.05, 0.1) is 35.8 Å². The van der Waals surface area contributed by atoms with Crippen LogP contribution in [0.5, 0.6) is 11.5 Å². The maximum Gasteiger partial charge on any atom is 0.234 e. The lowest BCUT2D eigenvalue weighted by atomic mass is 9.57. The molecule has 1 saturated carbocycles. The molecule has 11 heteroatoms. The van der Waals surface area contributed by atoms with Gasteiger partial charge in [0.2, 0.25) is 23.6 Å². The number of ether oxygens (including phenoxy) is 1. The number of hydrogen-bond acceptors (Lipinski definition) is 8. The molecule has 3 aromatic rings. The van der Waals surface area contributed by atoms with Crippen molar-refractivity contribution in [3.63, 3.8) is 0 Å². The lowest BCUT2D eigenvalue weighted by Gasteiger charge is -2.44. The Bertz CT molecular complexity index is 2040. The van der Waals surface area contributed by atoms with E-state index >= 15 is 0 Å². The smallest absolute Gasteiger partial charge is 0.234 e. The number of allylic oxidation sites excluding steroid dienone is 2. The van der Waals surface area contributed by atoms with Crippen LogP contribution in [-0.2, 0) is 32.3 Å². The molecular weight excluding hydrogens is 728 g/mol. The van der Waals surface area contributed by atoms with Crippen LogP contribution in [0.25, 0.3) is 0 Å². The van der Waals surface area contributed by atoms with Gasteiger partial charge < -0.3 is 9.84 Å². The highest BCUT2D eigenvalue weighted by Crippen LogP contribution is 2.59. The van der Waals surface area contributed by atoms with E-state index in [1.807, 2.05) is 36.4 Å². The Morgan fingerprint density at radius 2 is 1.20 bits per heavy atom. The van der Waals surface area contributed by atoms with Crippen LogP contribution in [0.15, 0.2) is 84.4 Å². The fourth-order valence-electron chi connectivity index (χ4n) is 11.0. The fraction of sp³-hybridized carbons (Fsp3) is 0.467. The predicted octanol–water partition coefficient (Wildman–Crippen LogP) is 6.02. The van der Waals surface area contributed by atoms with E-state index in [-0.39, 0.29) is 58.2 Å². The van der Waals surface area contributed by atoms with Crippen LogP contribution < -0.4 is 4.74 Å². The van der Waals surface area contributed by atoms with Crippen LogP contribution in [-0.4, -0.2) is 93.7 Å². The van der Waals surface area contributed by atoms with Crippen molar-refractivity contribution in [2.45, 2.75) is 69.6 Å². The molecule has 1 N–H and O–H groups in total. The molecule has 5 fully saturated rings. The van der Waals surface area contributed by atoms with Gasteiger partial charge in [-0.05, 0) is 73.3 Å². The molecule has 4 aliphatic heterocycles. The second kappa shape index (κ2) is 15.1. The molecule has 10 nitrogen and oxygen atoms in total. The summed E-state index contributed by atoms with van der Waals surface area (Å²) in [5.74, 6) is -4.01. The Kier molecular flexibility index (Phi) is 10.0. The SMILES string of the molecule is COc1cc(C2C3=CCC4C(=O)N(C5CCN(Cc6ccccc6)CC5)C(=O)C4C3CC3C(=O)N(C4CCN(Cc5ccccc5)CC4)C(=O)C32)cc(Cl)c1O. The number of hydrogen-bond donors (Lipinski definition) is 1. The Balaban J connectivity index is 0.986. The quantitative estimate of drug-likeness (QED) is 0.219. The summed E-state index contributed by atoms with van der Waals surface area (Å²) in [7, 11) is 1.45. The van der Waals surface area contributed by atoms with Gasteiger partial charge in [-0.3, -0.25) is 38.8 Å². The zero-order chi connectivity index (χ0) is 38.7. The monoisotopic (exact) mass is 776 g/mol. The number of carbonyl (C=O) groups excluding carboxylic acids is 4. The third kappa shape index (κ3) is 6.43. The van der Waals surface area contributed by atoms with Crippen molar-refractivity contribution >= 4 is 35.2 Å². The number of nitrogens with zero attached hydrogens (tertiary/aromatic N) is 4. The Labute approximate surface area is 333 Å². The summed E-state index contributed by atoms with van der Waals surface area (Å²) in [5.41, 5.74) is 4.05. The van der Waals surface area contributed by atoms with Crippen LogP contribution in [0.3, 0.4) is 0 Å². The Morgan fingerprint density at radius 1 is 0.679 bits per heavy atom. The van der Waals surface area contributed by atoms with E-state index in [2.05, 4.69) is 40.1 Å². The number of methoxy groups -OCH3 is 1. The molecule has 0 radical (unpaired) electrons. The molecule has 9 rings (SSSR count). The molecule has 0 bridgehead atoms. The van der Waals surface area contributed by atoms with Crippen molar-refractivity contribution in [2.75, 3.05) is 33.3 Å². The Hall–Kier alpha value is -4.51. The standard InChI is InChI=1S/C45H49ClN4O6/c1-56-37-23-29(22-36(46)41(37)51)38-32-12-13-33-39(44(54)49(42(33)52)30-14-18-47(19-15-30)25-27-8-4-2-5-9-27)34(32)24-35-40(38)45(55)50(43(35)53)31-16-20-48(21-17-31)26-28-10-6-3-7-11-28/h2-12,22-23,30-31,33-35,38-40,51H,13-21,24-26H2,1H3. The van der Waals surface area contributed by atoms with Gasteiger partial charge in [0, 0.05) is 57.3 Å². The molecule has 56 heavy (non-hydrogen) atoms. The summed E-state index contributed by atoms with van der Waals surface area (Å²) in [5, 5.41) is 10.8. The predicted molar refractivity (Wildman–Crippen MR) is 210 cm³/mol. The van der Waals surface area contributed by atoms with Crippen LogP contribution in [0, 0.1) is 29.6 Å². The minimum atomic E-state index is -0.688. The highest BCUT2D eigenvalue weighted by Gasteiger charge is 2.63. The van der Waals surface area contributed by atoms with Crippen molar-refractivity contribution in [1.82, 2.24) is 19.6 Å². The van der Waals surface area contributed by atoms with Crippen LogP contribution in [0.1, 0.15) is 61.1 Å². The summed E-state index contributed by atoms with van der Waals surface area (Å²) in [6.07, 6.45) is 5.63. The number of halogens is 1. The van der Waals surface area contributed by atoms with E-state index in [4.69, 9.17) is 16.3 Å². The van der Waals surface area contributed by atoms with E-state index in [0.717, 1.165) is 57.7 Å². The van der Waals surface area contributed by atoms with Gasteiger partial charge >= 0.3 is 0 Å². The van der Waals surface area contributed by atoms with Gasteiger partial charge in [0.15, 0.2) is 11.5 Å². The lowest BCUT2D eigenvalue weighted by molar-refractivity contribution is -0.146. The summed E-state index contributed by atoms with van der Waals surface area (Å²) in [6, 6.07) is 23.7. The number of imide groups is 2. The van der Waals surface area contributed by atoms with Crippen molar-refractivity contribution in [2.24, 2.45) is 29.6 Å². The Morgan fingerprint density at radius 3 is 1.73 bits per heavy atom. The first kappa shape index (κ1) is 37.1. The normalized spacial score (nSPS) is 29.0. The molecule has 6 atom stereocenters. The first-order valence-corrected chi connectivity index (χ1v) is 20.6. The van der Waals surface area contributed by atoms with E-state index in [0.29, 0.717) is 31.2 Å². The van der Waals surface area contributed by atoms with E-state index in [9.17, 15) is 24.3 Å². The lowest BCUT2D eigenvalue weighted by Crippen LogP contribution is -2.48. The van der Waals surface area contributed by atoms with Gasteiger partial charge in [0.25, 0.3) is 0 Å². The second-order valence-corrected chi connectivity index (χ2v) is 17.1. The van der Waals surface area contributed by atoms with Crippen molar-refractivity contribution in [1.29, 1.82) is 0 Å². The number of rotatable bonds is 8. The van der Waals surface area contributed by atoms with E-state index < -0.39 is 29.6 Å². The zero-order valence-corrected chi connectivity index (χ0v) is 32.5. The van der Waals surface area contributed by atoms with E-state index in [1.165, 1.54) is 18.2 Å². The molecule has 6 aliphatic rings. The minimum Gasteiger partial charge on any atom is -0.503 e. The largest absolute Gasteiger partial charge is 0.503 e. The topological polar surface area (TPSA) is 111 Å². The van der Waals surface area contributed by atoms with Crippen molar-refractivity contribution < 1.29 is 29.0 Å². The number of aromatic hydroxyl groups is 1. The number of benzene rings is 3. The molecule has 4 amide bonds. The third-order valence-corrected chi connectivity index (χ3v) is 14.0. The molecule has 0 spiro atoms. The molecule has 3 aromatic carbocycles. The number of phenolic OH excluding ortho intramolecular Hbond substituents is 1. The van der Waals surface area contributed by atoms with Gasteiger partial charge in [-0.2, -0.15) is 0 Å². The van der Waals surface area contributed by atoms with E-state index in [1.54, 1.807) is 21.9 Å². The van der Waals surface area contributed by atoms with Gasteiger partial charge in [-0.15, -0.1) is 0 Å². The summed E-state index contributed by atoms with van der Waals surface area (Å²) in [4.78, 5) is 66.2. The summed E-state index contributed by atoms with van der Waals surface area (Å²) >= 11 is 6.59. The average Bonchev–Trinajstić information content (AvgIpc) is 3.63. The number of fused-ring (bicyclic) bond motifs is 4. The van der Waals surface area contributed by atoms with Crippen molar-refractivity contribution in [3.8, 4) is 11.5 Å². The van der Waals surface area contributed by atoms with Crippen LogP contribution >= 0.6 is 11.6 Å². The van der Waals surface area contributed by atoms with Gasteiger partial charge in [-0.1, -0.05) is 83.9 Å². The number of piperidine rings is 2. The third-order valence-electron chi connectivity index (χ3n) is 13.7. The maximum absolute atomic E-state index is 14.7. The van der Waals surface area contributed by atoms with Gasteiger partial charge in [-0.25, -0.2) is 0 Å². The average molecular weight is 777 g/mol. The highest BCUT2D eigenvalue weighted by molar-refractivity contribution is 6.32. The highest BCUT2D eigenvalue weighted by atomic mass is 35.5. The molecule has 4 heterocycles. The molecule has 6 unspecified atom stereocenters. The summed E-state index contributed by atoms with van der Waals surface area (Å²) in [6.45, 7) is 4.80. The van der Waals surface area contributed by atoms with Crippen LogP contribution in [0.2, 0.25) is 5.02 Å². The molecule has 2 aliphatic carbocycles. The van der Waals surface area contributed by atoms with Crippen molar-refractivity contribution in [3.05, 3.63) is 106 Å². The number of phenols is 1. The minimum absolute atomic E-state index is 0.0867. The number of carbonyl (C=O) groups is 4. The maximum atomic E-state index is 14.7. The second-order valence-electron chi connectivity index (χ2n) is 16.7. The molecule has 292 valence electrons. The molecule has 0 aromatic heterocycles. The first-order valence-electron chi connectivity index (χ1n) is 20.2. The molecule has 4 saturated heterocycles. The number of amides is 4. The van der Waals surface area contributed by atoms with Crippen LogP contribution in [0.4, 0.5) is 0 Å². The first-order chi connectivity index (χ1) is 27.2. The number of likely N-dealkylation sites (tertiary alicyclic amines) is 4. The molecular formula is C45H49ClN4O6.